The smallest absolute Gasteiger partial charge is 0.238 e. The van der Waals surface area contributed by atoms with Crippen LogP contribution in [-0.4, -0.2) is 24.1 Å². The number of hydrogen-bond donors (Lipinski definition) is 0. The van der Waals surface area contributed by atoms with E-state index in [4.69, 9.17) is 15.0 Å². The fourth-order valence-electron chi connectivity index (χ4n) is 7.29. The molecule has 3 heterocycles. The van der Waals surface area contributed by atoms with E-state index < -0.39 is 0 Å². The second kappa shape index (κ2) is 11.4. The van der Waals surface area contributed by atoms with Gasteiger partial charge in [-0.05, 0) is 47.5 Å². The van der Waals surface area contributed by atoms with Crippen LogP contribution in [0.15, 0.2) is 176 Å². The number of benzene rings is 7. The zero-order chi connectivity index (χ0) is 33.0. The summed E-state index contributed by atoms with van der Waals surface area (Å²) < 4.78 is 4.55. The Labute approximate surface area is 288 Å². The molecule has 0 radical (unpaired) electrons. The van der Waals surface area contributed by atoms with Crippen LogP contribution in [0.5, 0.6) is 0 Å². The SMILES string of the molecule is c1ccc(-c2nc(-c3ccccc3)nc(-n3c4ccccc4c4ccc(-c5cccc(-n6c7ccccc7c7ccccc76)c5)cc43)n2)cc1. The van der Waals surface area contributed by atoms with Crippen LogP contribution in [0.25, 0.3) is 89.2 Å². The average Bonchev–Trinajstić information content (AvgIpc) is 3.71. The van der Waals surface area contributed by atoms with Crippen LogP contribution in [0.2, 0.25) is 0 Å². The maximum absolute atomic E-state index is 5.12. The van der Waals surface area contributed by atoms with Crippen LogP contribution in [0.3, 0.4) is 0 Å². The Hall–Kier alpha value is -6.85. The quantitative estimate of drug-likeness (QED) is 0.188. The summed E-state index contributed by atoms with van der Waals surface area (Å²) in [6.45, 7) is 0. The highest BCUT2D eigenvalue weighted by atomic mass is 15.2. The third-order valence-corrected chi connectivity index (χ3v) is 9.58. The van der Waals surface area contributed by atoms with E-state index in [1.54, 1.807) is 0 Å². The zero-order valence-electron chi connectivity index (χ0n) is 27.0. The van der Waals surface area contributed by atoms with Gasteiger partial charge in [-0.15, -0.1) is 0 Å². The molecular weight excluding hydrogens is 611 g/mol. The first-order valence-corrected chi connectivity index (χ1v) is 16.8. The summed E-state index contributed by atoms with van der Waals surface area (Å²) >= 11 is 0. The predicted molar refractivity (Wildman–Crippen MR) is 205 cm³/mol. The molecule has 0 fully saturated rings. The topological polar surface area (TPSA) is 48.5 Å². The molecule has 5 heteroatoms. The van der Waals surface area contributed by atoms with Crippen molar-refractivity contribution in [2.45, 2.75) is 0 Å². The lowest BCUT2D eigenvalue weighted by Gasteiger charge is -2.12. The van der Waals surface area contributed by atoms with E-state index in [-0.39, 0.29) is 0 Å². The summed E-state index contributed by atoms with van der Waals surface area (Å²) in [4.78, 5) is 15.2. The summed E-state index contributed by atoms with van der Waals surface area (Å²) in [5, 5.41) is 4.80. The van der Waals surface area contributed by atoms with Crippen LogP contribution < -0.4 is 0 Å². The van der Waals surface area contributed by atoms with Gasteiger partial charge in [-0.25, -0.2) is 4.98 Å². The Bertz CT molecular complexity index is 2760. The summed E-state index contributed by atoms with van der Waals surface area (Å²) in [5.74, 6) is 1.85. The highest BCUT2D eigenvalue weighted by Crippen LogP contribution is 2.37. The fraction of sp³-hybridized carbons (Fsp3) is 0. The van der Waals surface area contributed by atoms with Gasteiger partial charge in [0.1, 0.15) is 0 Å². The van der Waals surface area contributed by atoms with Gasteiger partial charge in [0.25, 0.3) is 0 Å². The number of rotatable bonds is 5. The number of nitrogens with zero attached hydrogens (tertiary/aromatic N) is 5. The molecule has 0 spiro atoms. The van der Waals surface area contributed by atoms with E-state index in [1.165, 1.54) is 21.8 Å². The summed E-state index contributed by atoms with van der Waals surface area (Å²) in [6, 6.07) is 61.6. The molecule has 10 aromatic rings. The minimum absolute atomic E-state index is 0.583. The number of fused-ring (bicyclic) bond motifs is 6. The Morgan fingerprint density at radius 1 is 0.300 bits per heavy atom. The van der Waals surface area contributed by atoms with Crippen LogP contribution in [0, 0.1) is 0 Å². The molecule has 10 rings (SSSR count). The third-order valence-electron chi connectivity index (χ3n) is 9.58. The molecule has 0 saturated heterocycles. The van der Waals surface area contributed by atoms with Gasteiger partial charge in [-0.2, -0.15) is 9.97 Å². The molecule has 0 N–H and O–H groups in total. The third kappa shape index (κ3) is 4.52. The van der Waals surface area contributed by atoms with E-state index in [9.17, 15) is 0 Å². The largest absolute Gasteiger partial charge is 0.309 e. The van der Waals surface area contributed by atoms with Gasteiger partial charge >= 0.3 is 0 Å². The highest BCUT2D eigenvalue weighted by molar-refractivity contribution is 6.11. The monoisotopic (exact) mass is 639 g/mol. The van der Waals surface area contributed by atoms with Crippen LogP contribution in [-0.2, 0) is 0 Å². The van der Waals surface area contributed by atoms with Crippen LogP contribution in [0.4, 0.5) is 0 Å². The molecule has 50 heavy (non-hydrogen) atoms. The first-order chi connectivity index (χ1) is 24.8. The lowest BCUT2D eigenvalue weighted by molar-refractivity contribution is 0.953. The van der Waals surface area contributed by atoms with Crippen molar-refractivity contribution >= 4 is 43.6 Å². The van der Waals surface area contributed by atoms with E-state index in [1.807, 2.05) is 60.7 Å². The molecule has 3 aromatic heterocycles. The molecular formula is C45H29N5. The molecule has 5 nitrogen and oxygen atoms in total. The van der Waals surface area contributed by atoms with Gasteiger partial charge in [0.15, 0.2) is 11.6 Å². The number of para-hydroxylation sites is 3. The van der Waals surface area contributed by atoms with E-state index in [2.05, 4.69) is 124 Å². The summed E-state index contributed by atoms with van der Waals surface area (Å²) in [7, 11) is 0. The molecule has 0 atom stereocenters. The van der Waals surface area contributed by atoms with Crippen molar-refractivity contribution in [3.8, 4) is 45.5 Å². The van der Waals surface area contributed by atoms with Gasteiger partial charge in [-0.3, -0.25) is 4.57 Å². The average molecular weight is 640 g/mol. The molecule has 0 unspecified atom stereocenters. The zero-order valence-corrected chi connectivity index (χ0v) is 27.0. The Balaban J connectivity index is 1.19. The van der Waals surface area contributed by atoms with Gasteiger partial charge in [0.05, 0.1) is 22.1 Å². The second-order valence-corrected chi connectivity index (χ2v) is 12.5. The standard InChI is InChI=1S/C45H29N5/c1-3-14-30(15-4-1)43-46-44(31-16-5-2-6-17-31)48-45(47-43)50-41-25-12-9-22-37(41)38-27-26-33(29-42(38)50)32-18-13-19-34(28-32)49-39-23-10-7-20-35(39)36-21-8-11-24-40(36)49/h1-29H. The Kier molecular flexibility index (Phi) is 6.42. The number of hydrogen-bond acceptors (Lipinski definition) is 3. The van der Waals surface area contributed by atoms with Crippen molar-refractivity contribution in [3.63, 3.8) is 0 Å². The van der Waals surface area contributed by atoms with Gasteiger partial charge in [-0.1, -0.05) is 140 Å². The Morgan fingerprint density at radius 3 is 1.34 bits per heavy atom. The maximum Gasteiger partial charge on any atom is 0.238 e. The summed E-state index contributed by atoms with van der Waals surface area (Å²) in [6.07, 6.45) is 0. The molecule has 234 valence electrons. The van der Waals surface area contributed by atoms with Crippen molar-refractivity contribution in [1.29, 1.82) is 0 Å². The van der Waals surface area contributed by atoms with Crippen LogP contribution in [0.1, 0.15) is 0 Å². The van der Waals surface area contributed by atoms with Crippen LogP contribution >= 0.6 is 0 Å². The van der Waals surface area contributed by atoms with E-state index in [0.717, 1.165) is 49.7 Å². The highest BCUT2D eigenvalue weighted by Gasteiger charge is 2.19. The summed E-state index contributed by atoms with van der Waals surface area (Å²) in [5.41, 5.74) is 9.72. The first kappa shape index (κ1) is 28.2. The molecule has 0 amide bonds. The van der Waals surface area contributed by atoms with E-state index >= 15 is 0 Å². The molecule has 7 aromatic carbocycles. The molecule has 0 aliphatic carbocycles. The van der Waals surface area contributed by atoms with Crippen molar-refractivity contribution in [2.75, 3.05) is 0 Å². The molecule has 0 aliphatic rings. The van der Waals surface area contributed by atoms with Gasteiger partial charge < -0.3 is 4.57 Å². The second-order valence-electron chi connectivity index (χ2n) is 12.5. The Morgan fingerprint density at radius 2 is 0.760 bits per heavy atom. The normalized spacial score (nSPS) is 11.6. The molecule has 0 saturated carbocycles. The van der Waals surface area contributed by atoms with Gasteiger partial charge in [0, 0.05) is 38.4 Å². The lowest BCUT2D eigenvalue weighted by Crippen LogP contribution is -2.06. The molecule has 0 bridgehead atoms. The maximum atomic E-state index is 5.12. The fourth-order valence-corrected chi connectivity index (χ4v) is 7.29. The van der Waals surface area contributed by atoms with Crippen molar-refractivity contribution < 1.29 is 0 Å². The first-order valence-electron chi connectivity index (χ1n) is 16.8. The van der Waals surface area contributed by atoms with Gasteiger partial charge in [0.2, 0.25) is 5.95 Å². The lowest BCUT2D eigenvalue weighted by atomic mass is 10.0. The van der Waals surface area contributed by atoms with Crippen molar-refractivity contribution in [1.82, 2.24) is 24.1 Å². The number of aromatic nitrogens is 5. The van der Waals surface area contributed by atoms with Crippen molar-refractivity contribution in [2.24, 2.45) is 0 Å². The predicted octanol–water partition coefficient (Wildman–Crippen LogP) is 11.1. The van der Waals surface area contributed by atoms with E-state index in [0.29, 0.717) is 17.6 Å². The minimum atomic E-state index is 0.583. The minimum Gasteiger partial charge on any atom is -0.309 e. The molecule has 0 aliphatic heterocycles. The van der Waals surface area contributed by atoms with Crippen molar-refractivity contribution in [3.05, 3.63) is 176 Å².